The number of benzene rings is 1. The molecule has 0 amide bonds. The van der Waals surface area contributed by atoms with Gasteiger partial charge >= 0.3 is 0 Å². The molecule has 1 N–H and O–H groups in total. The van der Waals surface area contributed by atoms with Crippen molar-refractivity contribution in [2.75, 3.05) is 11.9 Å². The van der Waals surface area contributed by atoms with Crippen LogP contribution in [0.2, 0.25) is 0 Å². The highest BCUT2D eigenvalue weighted by Gasteiger charge is 2.00. The van der Waals surface area contributed by atoms with E-state index < -0.39 is 0 Å². The predicted octanol–water partition coefficient (Wildman–Crippen LogP) is 5.23. The molecule has 0 aliphatic carbocycles. The Hall–Kier alpha value is -0.980. The topological polar surface area (TPSA) is 12.0 Å². The first-order valence-corrected chi connectivity index (χ1v) is 7.49. The van der Waals surface area contributed by atoms with Crippen molar-refractivity contribution in [1.29, 1.82) is 0 Å². The summed E-state index contributed by atoms with van der Waals surface area (Å²) < 4.78 is 0. The molecule has 1 rings (SSSR count). The highest BCUT2D eigenvalue weighted by molar-refractivity contribution is 5.51. The fourth-order valence-corrected chi connectivity index (χ4v) is 2.18. The molecule has 0 spiro atoms. The molecule has 0 aliphatic heterocycles. The van der Waals surface area contributed by atoms with Crippen LogP contribution in [0.25, 0.3) is 0 Å². The van der Waals surface area contributed by atoms with Crippen LogP contribution in [0.4, 0.5) is 5.69 Å². The van der Waals surface area contributed by atoms with E-state index in [9.17, 15) is 0 Å². The van der Waals surface area contributed by atoms with Crippen molar-refractivity contribution >= 4 is 5.69 Å². The molecule has 0 atom stereocenters. The number of para-hydroxylation sites is 1. The fourth-order valence-electron chi connectivity index (χ4n) is 2.18. The van der Waals surface area contributed by atoms with E-state index in [1.807, 2.05) is 0 Å². The van der Waals surface area contributed by atoms with Gasteiger partial charge in [-0.1, -0.05) is 64.2 Å². The Morgan fingerprint density at radius 2 is 1.83 bits per heavy atom. The first kappa shape index (κ1) is 15.1. The molecular formula is C17H28N. The predicted molar refractivity (Wildman–Crippen MR) is 82.0 cm³/mol. The third-order valence-electron chi connectivity index (χ3n) is 3.31. The van der Waals surface area contributed by atoms with Gasteiger partial charge in [-0.25, -0.2) is 0 Å². The average molecular weight is 246 g/mol. The molecule has 18 heavy (non-hydrogen) atoms. The maximum Gasteiger partial charge on any atom is 0.0372 e. The average Bonchev–Trinajstić information content (AvgIpc) is 2.40. The number of unbranched alkanes of at least 4 members (excludes halogenated alkanes) is 5. The van der Waals surface area contributed by atoms with Crippen molar-refractivity contribution in [2.45, 2.75) is 58.3 Å². The van der Waals surface area contributed by atoms with Crippen molar-refractivity contribution in [3.8, 4) is 0 Å². The molecule has 0 bridgehead atoms. The lowest BCUT2D eigenvalue weighted by Gasteiger charge is -2.11. The highest BCUT2D eigenvalue weighted by atomic mass is 14.9. The molecular weight excluding hydrogens is 218 g/mol. The minimum absolute atomic E-state index is 1.05. The second-order valence-corrected chi connectivity index (χ2v) is 4.96. The van der Waals surface area contributed by atoms with Crippen LogP contribution in [0.15, 0.2) is 24.3 Å². The van der Waals surface area contributed by atoms with Crippen molar-refractivity contribution in [3.05, 3.63) is 36.8 Å². The van der Waals surface area contributed by atoms with E-state index in [2.05, 4.69) is 43.4 Å². The number of hydrogen-bond donors (Lipinski definition) is 1. The third kappa shape index (κ3) is 6.09. The van der Waals surface area contributed by atoms with Gasteiger partial charge in [0.25, 0.3) is 0 Å². The minimum Gasteiger partial charge on any atom is -0.385 e. The zero-order valence-corrected chi connectivity index (χ0v) is 11.9. The first-order valence-electron chi connectivity index (χ1n) is 7.49. The number of rotatable bonds is 10. The van der Waals surface area contributed by atoms with Gasteiger partial charge in [0.2, 0.25) is 0 Å². The summed E-state index contributed by atoms with van der Waals surface area (Å²) in [7, 11) is 0. The van der Waals surface area contributed by atoms with Crippen LogP contribution >= 0.6 is 0 Å². The number of nitrogens with one attached hydrogen (secondary N) is 1. The molecule has 1 radical (unpaired) electrons. The van der Waals surface area contributed by atoms with Gasteiger partial charge < -0.3 is 5.32 Å². The van der Waals surface area contributed by atoms with Gasteiger partial charge in [0.1, 0.15) is 0 Å². The van der Waals surface area contributed by atoms with Crippen molar-refractivity contribution in [1.82, 2.24) is 0 Å². The SMILES string of the molecule is [CH2]CCCCc1ccccc1NCCCCCC. The summed E-state index contributed by atoms with van der Waals surface area (Å²) in [6.45, 7) is 7.26. The number of aryl methyl sites for hydroxylation is 1. The summed E-state index contributed by atoms with van der Waals surface area (Å²) in [6.07, 6.45) is 9.98. The van der Waals surface area contributed by atoms with E-state index in [0.717, 1.165) is 13.0 Å². The number of anilines is 1. The Morgan fingerprint density at radius 3 is 2.61 bits per heavy atom. The van der Waals surface area contributed by atoms with E-state index in [4.69, 9.17) is 0 Å². The second-order valence-electron chi connectivity index (χ2n) is 4.96. The molecule has 0 aromatic heterocycles. The van der Waals surface area contributed by atoms with Gasteiger partial charge in [-0.05, 0) is 30.9 Å². The first-order chi connectivity index (χ1) is 8.88. The maximum atomic E-state index is 3.90. The van der Waals surface area contributed by atoms with Gasteiger partial charge in [0.05, 0.1) is 0 Å². The molecule has 0 fully saturated rings. The zero-order chi connectivity index (χ0) is 13.1. The lowest BCUT2D eigenvalue weighted by Crippen LogP contribution is -2.04. The van der Waals surface area contributed by atoms with Crippen LogP contribution in [0.5, 0.6) is 0 Å². The maximum absolute atomic E-state index is 3.90. The van der Waals surface area contributed by atoms with Crippen LogP contribution in [0.1, 0.15) is 57.4 Å². The highest BCUT2D eigenvalue weighted by Crippen LogP contribution is 2.18. The lowest BCUT2D eigenvalue weighted by atomic mass is 10.1. The molecule has 0 unspecified atom stereocenters. The Bertz CT molecular complexity index is 306. The summed E-state index contributed by atoms with van der Waals surface area (Å²) in [5.74, 6) is 0. The van der Waals surface area contributed by atoms with E-state index in [1.165, 1.54) is 56.2 Å². The molecule has 1 nitrogen and oxygen atoms in total. The smallest absolute Gasteiger partial charge is 0.0372 e. The van der Waals surface area contributed by atoms with E-state index >= 15 is 0 Å². The summed E-state index contributed by atoms with van der Waals surface area (Å²) in [5.41, 5.74) is 2.79. The quantitative estimate of drug-likeness (QED) is 0.558. The molecule has 0 heterocycles. The summed E-state index contributed by atoms with van der Waals surface area (Å²) in [6, 6.07) is 8.72. The van der Waals surface area contributed by atoms with Crippen molar-refractivity contribution in [2.24, 2.45) is 0 Å². The van der Waals surface area contributed by atoms with Gasteiger partial charge in [-0.3, -0.25) is 0 Å². The Labute approximate surface area is 113 Å². The van der Waals surface area contributed by atoms with Gasteiger partial charge in [0.15, 0.2) is 0 Å². The largest absolute Gasteiger partial charge is 0.385 e. The van der Waals surface area contributed by atoms with Gasteiger partial charge in [-0.15, -0.1) is 0 Å². The van der Waals surface area contributed by atoms with E-state index in [1.54, 1.807) is 0 Å². The van der Waals surface area contributed by atoms with Gasteiger partial charge in [-0.2, -0.15) is 0 Å². The van der Waals surface area contributed by atoms with Crippen molar-refractivity contribution < 1.29 is 0 Å². The molecule has 0 aliphatic rings. The molecule has 0 saturated heterocycles. The standard InChI is InChI=1S/C17H28N/c1-3-5-7-11-15-18-17-14-10-9-13-16(17)12-8-6-4-2/h9-10,13-14,18H,2-8,11-12,15H2,1H3. The Morgan fingerprint density at radius 1 is 1.00 bits per heavy atom. The Kier molecular flexibility index (Phi) is 8.37. The molecule has 1 aromatic rings. The second kappa shape index (κ2) is 9.99. The van der Waals surface area contributed by atoms with Crippen LogP contribution in [0.3, 0.4) is 0 Å². The van der Waals surface area contributed by atoms with E-state index in [-0.39, 0.29) is 0 Å². The van der Waals surface area contributed by atoms with Crippen LogP contribution in [0, 0.1) is 6.92 Å². The normalized spacial score (nSPS) is 10.6. The summed E-state index contributed by atoms with van der Waals surface area (Å²) >= 11 is 0. The molecule has 101 valence electrons. The molecule has 1 heteroatoms. The molecule has 0 saturated carbocycles. The minimum atomic E-state index is 1.05. The lowest BCUT2D eigenvalue weighted by molar-refractivity contribution is 0.684. The van der Waals surface area contributed by atoms with Crippen LogP contribution < -0.4 is 5.32 Å². The van der Waals surface area contributed by atoms with Crippen LogP contribution in [-0.4, -0.2) is 6.54 Å². The monoisotopic (exact) mass is 246 g/mol. The van der Waals surface area contributed by atoms with Crippen LogP contribution in [-0.2, 0) is 6.42 Å². The Balaban J connectivity index is 2.33. The zero-order valence-electron chi connectivity index (χ0n) is 11.9. The van der Waals surface area contributed by atoms with E-state index in [0.29, 0.717) is 0 Å². The summed E-state index contributed by atoms with van der Waals surface area (Å²) in [5, 5.41) is 3.58. The molecule has 1 aromatic carbocycles. The number of hydrogen-bond acceptors (Lipinski definition) is 1. The summed E-state index contributed by atoms with van der Waals surface area (Å²) in [4.78, 5) is 0. The van der Waals surface area contributed by atoms with Gasteiger partial charge in [0, 0.05) is 12.2 Å². The third-order valence-corrected chi connectivity index (χ3v) is 3.31. The van der Waals surface area contributed by atoms with Crippen molar-refractivity contribution in [3.63, 3.8) is 0 Å². The fraction of sp³-hybridized carbons (Fsp3) is 0.588.